The summed E-state index contributed by atoms with van der Waals surface area (Å²) in [4.78, 5) is 24.7. The molecule has 0 radical (unpaired) electrons. The van der Waals surface area contributed by atoms with Crippen molar-refractivity contribution in [3.8, 4) is 11.5 Å². The Labute approximate surface area is 178 Å². The summed E-state index contributed by atoms with van der Waals surface area (Å²) in [5.41, 5.74) is 0.468. The third-order valence-corrected chi connectivity index (χ3v) is 5.17. The molecule has 0 aliphatic heterocycles. The molecular formula is C24H30N2O4. The molecule has 0 heterocycles. The molecule has 2 aromatic carbocycles. The van der Waals surface area contributed by atoms with E-state index in [2.05, 4.69) is 10.6 Å². The summed E-state index contributed by atoms with van der Waals surface area (Å²) in [6.45, 7) is 1.52. The van der Waals surface area contributed by atoms with Gasteiger partial charge in [-0.1, -0.05) is 49.6 Å². The molecule has 3 rings (SSSR count). The van der Waals surface area contributed by atoms with Gasteiger partial charge >= 0.3 is 0 Å². The number of amides is 2. The van der Waals surface area contributed by atoms with Gasteiger partial charge in [0.2, 0.25) is 5.91 Å². The lowest BCUT2D eigenvalue weighted by Crippen LogP contribution is -2.38. The lowest BCUT2D eigenvalue weighted by molar-refractivity contribution is -0.125. The van der Waals surface area contributed by atoms with Crippen LogP contribution >= 0.6 is 0 Å². The number of ether oxygens (including phenoxy) is 2. The van der Waals surface area contributed by atoms with Gasteiger partial charge in [-0.05, 0) is 37.1 Å². The molecule has 0 saturated heterocycles. The largest absolute Gasteiger partial charge is 0.490 e. The van der Waals surface area contributed by atoms with Crippen LogP contribution in [-0.2, 0) is 4.79 Å². The average molecular weight is 411 g/mol. The highest BCUT2D eigenvalue weighted by Gasteiger charge is 2.20. The van der Waals surface area contributed by atoms with Crippen LogP contribution in [0, 0.1) is 5.92 Å². The first-order valence-electron chi connectivity index (χ1n) is 10.7. The molecular weight excluding hydrogens is 380 g/mol. The Bertz CT molecular complexity index is 804. The molecule has 0 unspecified atom stereocenters. The molecule has 2 aromatic rings. The van der Waals surface area contributed by atoms with Crippen molar-refractivity contribution in [3.05, 3.63) is 60.2 Å². The molecule has 0 bridgehead atoms. The first-order chi connectivity index (χ1) is 14.7. The zero-order valence-corrected chi connectivity index (χ0v) is 17.3. The van der Waals surface area contributed by atoms with Crippen LogP contribution in [0.4, 0.5) is 0 Å². The van der Waals surface area contributed by atoms with E-state index in [4.69, 9.17) is 9.47 Å². The molecule has 6 heteroatoms. The van der Waals surface area contributed by atoms with Crippen LogP contribution < -0.4 is 20.1 Å². The van der Waals surface area contributed by atoms with E-state index < -0.39 is 0 Å². The number of carbonyl (C=O) groups excluding carboxylic acids is 2. The number of hydrogen-bond donors (Lipinski definition) is 2. The highest BCUT2D eigenvalue weighted by atomic mass is 16.5. The predicted octanol–water partition coefficient (Wildman–Crippen LogP) is 3.57. The van der Waals surface area contributed by atoms with E-state index in [0.29, 0.717) is 37.6 Å². The lowest BCUT2D eigenvalue weighted by atomic mass is 9.89. The molecule has 30 heavy (non-hydrogen) atoms. The minimum Gasteiger partial charge on any atom is -0.490 e. The minimum atomic E-state index is -0.221. The SMILES string of the molecule is O=C(NCCNC(=O)C1CCCCC1)c1ccccc1OCCOc1ccccc1. The molecule has 2 N–H and O–H groups in total. The van der Waals surface area contributed by atoms with E-state index in [1.54, 1.807) is 18.2 Å². The van der Waals surface area contributed by atoms with Gasteiger partial charge in [-0.3, -0.25) is 9.59 Å². The molecule has 160 valence electrons. The molecule has 2 amide bonds. The summed E-state index contributed by atoms with van der Waals surface area (Å²) < 4.78 is 11.4. The summed E-state index contributed by atoms with van der Waals surface area (Å²) in [5.74, 6) is 1.30. The second kappa shape index (κ2) is 11.9. The van der Waals surface area contributed by atoms with E-state index >= 15 is 0 Å². The average Bonchev–Trinajstić information content (AvgIpc) is 2.81. The Balaban J connectivity index is 1.39. The normalized spacial score (nSPS) is 14.0. The number of nitrogens with one attached hydrogen (secondary N) is 2. The Kier molecular flexibility index (Phi) is 8.57. The van der Waals surface area contributed by atoms with Gasteiger partial charge in [0.15, 0.2) is 0 Å². The maximum absolute atomic E-state index is 12.5. The lowest BCUT2D eigenvalue weighted by Gasteiger charge is -2.20. The number of hydrogen-bond acceptors (Lipinski definition) is 4. The fraction of sp³-hybridized carbons (Fsp3) is 0.417. The monoisotopic (exact) mass is 410 g/mol. The van der Waals surface area contributed by atoms with Crippen LogP contribution in [0.3, 0.4) is 0 Å². The Morgan fingerprint density at radius 3 is 2.27 bits per heavy atom. The summed E-state index contributed by atoms with van der Waals surface area (Å²) in [6.07, 6.45) is 5.41. The third-order valence-electron chi connectivity index (χ3n) is 5.17. The van der Waals surface area contributed by atoms with Crippen molar-refractivity contribution in [1.82, 2.24) is 10.6 Å². The minimum absolute atomic E-state index is 0.103. The number of para-hydroxylation sites is 2. The Hall–Kier alpha value is -3.02. The molecule has 0 spiro atoms. The fourth-order valence-corrected chi connectivity index (χ4v) is 3.57. The van der Waals surface area contributed by atoms with Crippen molar-refractivity contribution in [2.45, 2.75) is 32.1 Å². The highest BCUT2D eigenvalue weighted by Crippen LogP contribution is 2.23. The maximum Gasteiger partial charge on any atom is 0.255 e. The molecule has 1 saturated carbocycles. The van der Waals surface area contributed by atoms with Crippen molar-refractivity contribution < 1.29 is 19.1 Å². The van der Waals surface area contributed by atoms with Crippen molar-refractivity contribution in [3.63, 3.8) is 0 Å². The van der Waals surface area contributed by atoms with Crippen LogP contribution in [0.2, 0.25) is 0 Å². The first-order valence-corrected chi connectivity index (χ1v) is 10.7. The first kappa shape index (κ1) is 21.7. The predicted molar refractivity (Wildman–Crippen MR) is 116 cm³/mol. The molecule has 0 atom stereocenters. The van der Waals surface area contributed by atoms with E-state index in [0.717, 1.165) is 31.4 Å². The van der Waals surface area contributed by atoms with E-state index in [9.17, 15) is 9.59 Å². The van der Waals surface area contributed by atoms with Crippen LogP contribution in [0.1, 0.15) is 42.5 Å². The van der Waals surface area contributed by atoms with Crippen LogP contribution in [0.5, 0.6) is 11.5 Å². The van der Waals surface area contributed by atoms with Crippen LogP contribution in [-0.4, -0.2) is 38.1 Å². The molecule has 1 fully saturated rings. The second-order valence-electron chi connectivity index (χ2n) is 7.39. The van der Waals surface area contributed by atoms with Gasteiger partial charge in [-0.2, -0.15) is 0 Å². The molecule has 0 aromatic heterocycles. The smallest absolute Gasteiger partial charge is 0.255 e. The van der Waals surface area contributed by atoms with Gasteiger partial charge in [-0.15, -0.1) is 0 Å². The zero-order chi connectivity index (χ0) is 21.0. The van der Waals surface area contributed by atoms with E-state index in [1.165, 1.54) is 6.42 Å². The molecule has 6 nitrogen and oxygen atoms in total. The van der Waals surface area contributed by atoms with Crippen LogP contribution in [0.15, 0.2) is 54.6 Å². The van der Waals surface area contributed by atoms with Gasteiger partial charge in [0.05, 0.1) is 5.56 Å². The Morgan fingerprint density at radius 2 is 1.47 bits per heavy atom. The van der Waals surface area contributed by atoms with Crippen LogP contribution in [0.25, 0.3) is 0 Å². The second-order valence-corrected chi connectivity index (χ2v) is 7.39. The fourth-order valence-electron chi connectivity index (χ4n) is 3.57. The third kappa shape index (κ3) is 6.79. The number of benzene rings is 2. The zero-order valence-electron chi connectivity index (χ0n) is 17.3. The van der Waals surface area contributed by atoms with Crippen molar-refractivity contribution in [2.24, 2.45) is 5.92 Å². The summed E-state index contributed by atoms with van der Waals surface area (Å²) in [5, 5.41) is 5.78. The van der Waals surface area contributed by atoms with Gasteiger partial charge in [0.25, 0.3) is 5.91 Å². The maximum atomic E-state index is 12.5. The van der Waals surface area contributed by atoms with E-state index in [1.807, 2.05) is 36.4 Å². The number of rotatable bonds is 10. The summed E-state index contributed by atoms with van der Waals surface area (Å²) in [7, 11) is 0. The van der Waals surface area contributed by atoms with Gasteiger partial charge in [-0.25, -0.2) is 0 Å². The highest BCUT2D eigenvalue weighted by molar-refractivity contribution is 5.96. The number of carbonyl (C=O) groups is 2. The van der Waals surface area contributed by atoms with Crippen molar-refractivity contribution in [2.75, 3.05) is 26.3 Å². The molecule has 1 aliphatic rings. The van der Waals surface area contributed by atoms with Gasteiger partial charge in [0, 0.05) is 19.0 Å². The van der Waals surface area contributed by atoms with Crippen molar-refractivity contribution >= 4 is 11.8 Å². The van der Waals surface area contributed by atoms with Gasteiger partial charge < -0.3 is 20.1 Å². The summed E-state index contributed by atoms with van der Waals surface area (Å²) >= 11 is 0. The quantitative estimate of drug-likeness (QED) is 0.587. The molecule has 1 aliphatic carbocycles. The topological polar surface area (TPSA) is 76.7 Å². The standard InChI is InChI=1S/C24H30N2O4/c27-23(19-9-3-1-4-10-19)25-15-16-26-24(28)21-13-7-8-14-22(21)30-18-17-29-20-11-5-2-6-12-20/h2,5-8,11-14,19H,1,3-4,9-10,15-18H2,(H,25,27)(H,26,28). The van der Waals surface area contributed by atoms with Crippen molar-refractivity contribution in [1.29, 1.82) is 0 Å². The van der Waals surface area contributed by atoms with Gasteiger partial charge in [0.1, 0.15) is 24.7 Å². The Morgan fingerprint density at radius 1 is 0.800 bits per heavy atom. The van der Waals surface area contributed by atoms with E-state index in [-0.39, 0.29) is 17.7 Å². The summed E-state index contributed by atoms with van der Waals surface area (Å²) in [6, 6.07) is 16.6.